The highest BCUT2D eigenvalue weighted by Crippen LogP contribution is 2.22. The molecule has 1 heterocycles. The first-order valence-corrected chi connectivity index (χ1v) is 8.44. The van der Waals surface area contributed by atoms with Crippen LogP contribution in [0.2, 0.25) is 0 Å². The smallest absolute Gasteiger partial charge is 0.243 e. The molecule has 14 heteroatoms. The van der Waals surface area contributed by atoms with Crippen molar-refractivity contribution in [2.24, 2.45) is 27.8 Å². The van der Waals surface area contributed by atoms with Gasteiger partial charge in [-0.2, -0.15) is 0 Å². The number of nitrogens with zero attached hydrogens (tertiary/aromatic N) is 6. The molecule has 4 atom stereocenters. The highest BCUT2D eigenvalue weighted by molar-refractivity contribution is 5.92. The lowest BCUT2D eigenvalue weighted by Crippen LogP contribution is -2.56. The second-order valence-corrected chi connectivity index (χ2v) is 6.58. The molecule has 0 bridgehead atoms. The van der Waals surface area contributed by atoms with Crippen LogP contribution in [0.5, 0.6) is 0 Å². The molecule has 1 aliphatic heterocycles. The van der Waals surface area contributed by atoms with E-state index >= 15 is 0 Å². The van der Waals surface area contributed by atoms with E-state index in [2.05, 4.69) is 36.0 Å². The van der Waals surface area contributed by atoms with Crippen molar-refractivity contribution in [3.63, 3.8) is 0 Å². The maximum atomic E-state index is 12.7. The second kappa shape index (κ2) is 12.6. The average molecular weight is 417 g/mol. The maximum absolute atomic E-state index is 12.7. The minimum absolute atomic E-state index is 0. The van der Waals surface area contributed by atoms with Crippen molar-refractivity contribution in [3.8, 4) is 0 Å². The maximum Gasteiger partial charge on any atom is 0.243 e. The van der Waals surface area contributed by atoms with Gasteiger partial charge in [0, 0.05) is 29.0 Å². The van der Waals surface area contributed by atoms with Crippen LogP contribution in [0, 0.1) is 11.8 Å². The molecule has 3 amide bonds. The van der Waals surface area contributed by atoms with Gasteiger partial charge in [-0.05, 0) is 29.3 Å². The summed E-state index contributed by atoms with van der Waals surface area (Å²) in [6.45, 7) is 3.42. The summed E-state index contributed by atoms with van der Waals surface area (Å²) in [7, 11) is 0. The third-order valence-corrected chi connectivity index (χ3v) is 4.18. The van der Waals surface area contributed by atoms with Gasteiger partial charge in [-0.3, -0.25) is 14.4 Å². The van der Waals surface area contributed by atoms with E-state index in [1.807, 2.05) is 0 Å². The number of nitrogens with two attached hydrogens (primary N) is 1. The van der Waals surface area contributed by atoms with Crippen molar-refractivity contribution in [1.82, 2.24) is 16.0 Å². The third kappa shape index (κ3) is 7.89. The zero-order valence-electron chi connectivity index (χ0n) is 15.6. The predicted molar refractivity (Wildman–Crippen MR) is 103 cm³/mol. The minimum atomic E-state index is -0.866. The van der Waals surface area contributed by atoms with E-state index in [0.29, 0.717) is 6.42 Å². The van der Waals surface area contributed by atoms with E-state index in [9.17, 15) is 14.4 Å². The molecule has 156 valence electrons. The zero-order valence-corrected chi connectivity index (χ0v) is 16.4. The summed E-state index contributed by atoms with van der Waals surface area (Å²) < 4.78 is 0. The van der Waals surface area contributed by atoms with Gasteiger partial charge in [0.2, 0.25) is 17.7 Å². The molecule has 5 N–H and O–H groups in total. The highest BCUT2D eigenvalue weighted by atomic mass is 35.5. The molecule has 0 aliphatic carbocycles. The molecule has 0 spiro atoms. The first-order valence-electron chi connectivity index (χ1n) is 8.44. The highest BCUT2D eigenvalue weighted by Gasteiger charge is 2.39. The van der Waals surface area contributed by atoms with Crippen LogP contribution >= 0.6 is 12.4 Å². The van der Waals surface area contributed by atoms with Gasteiger partial charge in [-0.1, -0.05) is 24.1 Å². The monoisotopic (exact) mass is 416 g/mol. The number of rotatable bonds is 10. The molecule has 0 unspecified atom stereocenters. The number of halogens is 1. The molecule has 28 heavy (non-hydrogen) atoms. The Bertz CT molecular complexity index is 660. The number of amides is 3. The second-order valence-electron chi connectivity index (χ2n) is 6.58. The Balaban J connectivity index is 0.00000729. The van der Waals surface area contributed by atoms with Gasteiger partial charge in [0.25, 0.3) is 0 Å². The summed E-state index contributed by atoms with van der Waals surface area (Å²) in [5.41, 5.74) is 22.0. The molecule has 1 aliphatic rings. The number of carbonyl (C=O) groups excluding carboxylic acids is 3. The topological polar surface area (TPSA) is 211 Å². The fourth-order valence-electron chi connectivity index (χ4n) is 2.90. The molecule has 0 radical (unpaired) electrons. The van der Waals surface area contributed by atoms with Crippen LogP contribution in [-0.2, 0) is 14.4 Å². The first kappa shape index (κ1) is 25.3. The first-order chi connectivity index (χ1) is 12.8. The van der Waals surface area contributed by atoms with Gasteiger partial charge in [0.1, 0.15) is 6.04 Å². The van der Waals surface area contributed by atoms with Gasteiger partial charge in [0.15, 0.2) is 0 Å². The third-order valence-electron chi connectivity index (χ3n) is 4.18. The number of hydrogen-bond donors (Lipinski definition) is 4. The van der Waals surface area contributed by atoms with E-state index < -0.39 is 29.8 Å². The van der Waals surface area contributed by atoms with Crippen molar-refractivity contribution in [2.75, 3.05) is 19.6 Å². The molecule has 0 aromatic rings. The summed E-state index contributed by atoms with van der Waals surface area (Å²) in [5, 5.41) is 15.1. The lowest BCUT2D eigenvalue weighted by molar-refractivity contribution is -0.132. The quantitative estimate of drug-likeness (QED) is 0.222. The van der Waals surface area contributed by atoms with Crippen LogP contribution in [0.3, 0.4) is 0 Å². The Morgan fingerprint density at radius 2 is 1.82 bits per heavy atom. The Kier molecular flexibility index (Phi) is 11.4. The fourth-order valence-corrected chi connectivity index (χ4v) is 2.90. The normalized spacial score (nSPS) is 21.5. The van der Waals surface area contributed by atoms with Crippen LogP contribution < -0.4 is 21.7 Å². The summed E-state index contributed by atoms with van der Waals surface area (Å²) in [6.07, 6.45) is 0.482. The molecule has 0 aromatic carbocycles. The molecule has 13 nitrogen and oxygen atoms in total. The Morgan fingerprint density at radius 1 is 1.21 bits per heavy atom. The van der Waals surface area contributed by atoms with Gasteiger partial charge in [-0.25, -0.2) is 0 Å². The van der Waals surface area contributed by atoms with Crippen LogP contribution in [-0.4, -0.2) is 55.5 Å². The van der Waals surface area contributed by atoms with Gasteiger partial charge < -0.3 is 21.7 Å². The van der Waals surface area contributed by atoms with Gasteiger partial charge >= 0.3 is 0 Å². The minimum Gasteiger partial charge on any atom is -0.368 e. The van der Waals surface area contributed by atoms with Crippen molar-refractivity contribution in [3.05, 3.63) is 20.9 Å². The van der Waals surface area contributed by atoms with Gasteiger partial charge in [-0.15, -0.1) is 12.4 Å². The van der Waals surface area contributed by atoms with Crippen molar-refractivity contribution in [2.45, 2.75) is 38.4 Å². The Hall–Kier alpha value is -2.72. The van der Waals surface area contributed by atoms with E-state index in [0.717, 1.165) is 0 Å². The molecule has 0 saturated carbocycles. The Morgan fingerprint density at radius 3 is 2.36 bits per heavy atom. The molecule has 0 aromatic heterocycles. The van der Waals surface area contributed by atoms with Crippen molar-refractivity contribution in [1.29, 1.82) is 0 Å². The van der Waals surface area contributed by atoms with Crippen molar-refractivity contribution >= 4 is 30.1 Å². The predicted octanol–water partition coefficient (Wildman–Crippen LogP) is 0.118. The largest absolute Gasteiger partial charge is 0.368 e. The lowest BCUT2D eigenvalue weighted by atomic mass is 9.97. The fraction of sp³-hybridized carbons (Fsp3) is 0.786. The number of hydrogen-bond acceptors (Lipinski definition) is 6. The van der Waals surface area contributed by atoms with E-state index in [1.165, 1.54) is 0 Å². The number of primary amides is 1. The SMILES string of the molecule is CC(C)[C@H](NC(=O)[C@H]1N[C@H](CN=[N+]=[N-])C[C@@H]1CN=[N+]=[N-])C(=O)NCC(N)=O.Cl. The van der Waals surface area contributed by atoms with E-state index in [4.69, 9.17) is 16.8 Å². The summed E-state index contributed by atoms with van der Waals surface area (Å²) in [4.78, 5) is 41.2. The molecular weight excluding hydrogens is 392 g/mol. The van der Waals surface area contributed by atoms with E-state index in [-0.39, 0.29) is 49.9 Å². The molecular formula is C14H25ClN10O3. The number of carbonyl (C=O) groups is 3. The van der Waals surface area contributed by atoms with Crippen LogP contribution in [0.15, 0.2) is 10.2 Å². The van der Waals surface area contributed by atoms with Crippen LogP contribution in [0.1, 0.15) is 20.3 Å². The molecule has 1 fully saturated rings. The van der Waals surface area contributed by atoms with Crippen molar-refractivity contribution < 1.29 is 14.4 Å². The van der Waals surface area contributed by atoms with E-state index in [1.54, 1.807) is 13.8 Å². The Labute approximate surface area is 167 Å². The summed E-state index contributed by atoms with van der Waals surface area (Å²) >= 11 is 0. The van der Waals surface area contributed by atoms with Gasteiger partial charge in [0.05, 0.1) is 12.6 Å². The average Bonchev–Trinajstić information content (AvgIpc) is 3.03. The van der Waals surface area contributed by atoms with Crippen LogP contribution in [0.4, 0.5) is 0 Å². The number of nitrogens with one attached hydrogen (secondary N) is 3. The summed E-state index contributed by atoms with van der Waals surface area (Å²) in [5.74, 6) is -2.19. The van der Waals surface area contributed by atoms with Crippen LogP contribution in [0.25, 0.3) is 20.9 Å². The summed E-state index contributed by atoms with van der Waals surface area (Å²) in [6, 6.07) is -1.81. The standard InChI is InChI=1S/C14H24N10O3.ClH/c1-7(2)11(13(26)18-6-10(15)25)22-14(27)12-8(4-19-23-16)3-9(21-12)5-20-24-17;/h7-9,11-12,21H,3-6H2,1-2H3,(H2,15,25)(H,18,26)(H,22,27);1H/t8-,9+,11+,12+;/m1./s1. The molecule has 1 saturated heterocycles. The molecule has 1 rings (SSSR count). The number of azide groups is 2. The lowest BCUT2D eigenvalue weighted by Gasteiger charge is -2.25. The zero-order chi connectivity index (χ0) is 20.4.